The number of nitrogens with one attached hydrogen (secondary N) is 1. The topological polar surface area (TPSA) is 100 Å². The maximum atomic E-state index is 11.8. The van der Waals surface area contributed by atoms with E-state index in [9.17, 15) is 9.59 Å². The van der Waals surface area contributed by atoms with E-state index in [1.807, 2.05) is 27.5 Å². The third kappa shape index (κ3) is 6.88. The quantitative estimate of drug-likeness (QED) is 0.316. The van der Waals surface area contributed by atoms with E-state index in [0.717, 1.165) is 22.2 Å². The highest BCUT2D eigenvalue weighted by Crippen LogP contribution is 2.31. The van der Waals surface area contributed by atoms with E-state index in [0.29, 0.717) is 23.4 Å². The van der Waals surface area contributed by atoms with Crippen LogP contribution in [0, 0.1) is 3.57 Å². The Hall–Kier alpha value is -1.24. The molecule has 0 bridgehead atoms. The van der Waals surface area contributed by atoms with Crippen LogP contribution in [-0.2, 0) is 14.3 Å². The number of amides is 1. The summed E-state index contributed by atoms with van der Waals surface area (Å²) in [7, 11) is 0. The summed E-state index contributed by atoms with van der Waals surface area (Å²) in [6.45, 7) is 2.61. The van der Waals surface area contributed by atoms with Crippen LogP contribution in [0.1, 0.15) is 5.56 Å². The van der Waals surface area contributed by atoms with Gasteiger partial charge < -0.3 is 14.6 Å². The monoisotopic (exact) mass is 525 g/mol. The molecule has 0 unspecified atom stereocenters. The first kappa shape index (κ1) is 20.1. The number of ether oxygens (including phenoxy) is 2. The van der Waals surface area contributed by atoms with E-state index in [1.54, 1.807) is 12.1 Å². The summed E-state index contributed by atoms with van der Waals surface area (Å²) in [5.41, 5.74) is 3.23. The molecule has 10 heteroatoms. The van der Waals surface area contributed by atoms with Crippen molar-refractivity contribution in [1.29, 1.82) is 0 Å². The molecule has 1 aromatic rings. The molecule has 1 aliphatic rings. The van der Waals surface area contributed by atoms with Gasteiger partial charge in [0.25, 0.3) is 5.91 Å². The molecule has 1 aromatic carbocycles. The summed E-state index contributed by atoms with van der Waals surface area (Å²) in [5.74, 6) is -0.777. The molecule has 0 aromatic heterocycles. The summed E-state index contributed by atoms with van der Waals surface area (Å²) >= 11 is 5.39. The Bertz CT molecular complexity index is 642. The van der Waals surface area contributed by atoms with Crippen LogP contribution < -0.4 is 10.2 Å². The van der Waals surface area contributed by atoms with Crippen molar-refractivity contribution in [3.05, 3.63) is 25.7 Å². The van der Waals surface area contributed by atoms with Crippen molar-refractivity contribution in [2.75, 3.05) is 39.5 Å². The van der Waals surface area contributed by atoms with Crippen molar-refractivity contribution in [2.24, 2.45) is 5.10 Å². The zero-order valence-corrected chi connectivity index (χ0v) is 16.9. The molecule has 25 heavy (non-hydrogen) atoms. The predicted octanol–water partition coefficient (Wildman–Crippen LogP) is 1.30. The van der Waals surface area contributed by atoms with Gasteiger partial charge in [0.05, 0.1) is 34.0 Å². The molecule has 1 heterocycles. The average Bonchev–Trinajstić information content (AvgIpc) is 2.54. The largest absolute Gasteiger partial charge is 0.480 e. The van der Waals surface area contributed by atoms with Crippen LogP contribution in [0.15, 0.2) is 21.7 Å². The molecule has 1 amide bonds. The number of carboxylic acids is 1. The lowest BCUT2D eigenvalue weighted by atomic mass is 10.2. The van der Waals surface area contributed by atoms with Gasteiger partial charge in [0.2, 0.25) is 0 Å². The molecule has 1 fully saturated rings. The SMILES string of the molecule is O=C(O)COc1c(Br)cc(/C=N/NC(=O)CN2CCOCC2)cc1I. The van der Waals surface area contributed by atoms with E-state index in [-0.39, 0.29) is 12.5 Å². The Balaban J connectivity index is 1.89. The minimum Gasteiger partial charge on any atom is -0.480 e. The van der Waals surface area contributed by atoms with Crippen molar-refractivity contribution >= 4 is 56.6 Å². The zero-order chi connectivity index (χ0) is 18.2. The summed E-state index contributed by atoms with van der Waals surface area (Å²) < 4.78 is 11.8. The molecule has 0 spiro atoms. The normalized spacial score (nSPS) is 15.3. The predicted molar refractivity (Wildman–Crippen MR) is 103 cm³/mol. The highest BCUT2D eigenvalue weighted by Gasteiger charge is 2.13. The van der Waals surface area contributed by atoms with Crippen LogP contribution in [0.2, 0.25) is 0 Å². The smallest absolute Gasteiger partial charge is 0.341 e. The number of carbonyl (C=O) groups is 2. The first-order valence-corrected chi connectivity index (χ1v) is 9.28. The van der Waals surface area contributed by atoms with E-state index >= 15 is 0 Å². The van der Waals surface area contributed by atoms with Crippen molar-refractivity contribution in [3.8, 4) is 5.75 Å². The van der Waals surface area contributed by atoms with Crippen molar-refractivity contribution < 1.29 is 24.2 Å². The summed E-state index contributed by atoms with van der Waals surface area (Å²) in [6.07, 6.45) is 1.52. The molecular formula is C15H17BrIN3O5. The first-order valence-electron chi connectivity index (χ1n) is 7.41. The second-order valence-corrected chi connectivity index (χ2v) is 7.19. The van der Waals surface area contributed by atoms with E-state index in [2.05, 4.69) is 26.5 Å². The molecule has 1 saturated heterocycles. The van der Waals surface area contributed by atoms with Crippen molar-refractivity contribution in [2.45, 2.75) is 0 Å². The maximum Gasteiger partial charge on any atom is 0.341 e. The van der Waals surface area contributed by atoms with E-state index in [1.165, 1.54) is 6.21 Å². The number of aliphatic carboxylic acids is 1. The zero-order valence-electron chi connectivity index (χ0n) is 13.2. The van der Waals surface area contributed by atoms with Gasteiger partial charge in [-0.25, -0.2) is 10.2 Å². The molecule has 0 atom stereocenters. The first-order chi connectivity index (χ1) is 12.0. The second-order valence-electron chi connectivity index (χ2n) is 5.18. The fourth-order valence-corrected chi connectivity index (χ4v) is 3.87. The van der Waals surface area contributed by atoms with Crippen molar-refractivity contribution in [3.63, 3.8) is 0 Å². The number of morpholine rings is 1. The molecular weight excluding hydrogens is 509 g/mol. The number of carboxylic acid groups (broad SMARTS) is 1. The molecule has 0 radical (unpaired) electrons. The summed E-state index contributed by atoms with van der Waals surface area (Å²) in [6, 6.07) is 3.51. The van der Waals surface area contributed by atoms with Gasteiger partial charge in [-0.05, 0) is 56.2 Å². The van der Waals surface area contributed by atoms with Crippen LogP contribution >= 0.6 is 38.5 Å². The molecule has 0 aliphatic carbocycles. The van der Waals surface area contributed by atoms with Crippen LogP contribution in [0.4, 0.5) is 0 Å². The Morgan fingerprint density at radius 3 is 2.80 bits per heavy atom. The number of rotatable bonds is 7. The second kappa shape index (κ2) is 10.0. The number of halogens is 2. The summed E-state index contributed by atoms with van der Waals surface area (Å²) in [5, 5.41) is 12.6. The number of benzene rings is 1. The fourth-order valence-electron chi connectivity index (χ4n) is 2.10. The van der Waals surface area contributed by atoms with Gasteiger partial charge in [0.15, 0.2) is 6.61 Å². The van der Waals surface area contributed by atoms with Gasteiger partial charge in [-0.2, -0.15) is 5.10 Å². The number of nitrogens with zero attached hydrogens (tertiary/aromatic N) is 2. The highest BCUT2D eigenvalue weighted by molar-refractivity contribution is 14.1. The lowest BCUT2D eigenvalue weighted by Gasteiger charge is -2.25. The minimum absolute atomic E-state index is 0.187. The number of carbonyl (C=O) groups excluding carboxylic acids is 1. The summed E-state index contributed by atoms with van der Waals surface area (Å²) in [4.78, 5) is 24.4. The molecule has 2 rings (SSSR count). The number of hydrazone groups is 1. The molecule has 1 aliphatic heterocycles. The van der Waals surface area contributed by atoms with Crippen LogP contribution in [0.3, 0.4) is 0 Å². The average molecular weight is 526 g/mol. The molecule has 2 N–H and O–H groups in total. The van der Waals surface area contributed by atoms with Gasteiger partial charge >= 0.3 is 5.97 Å². The Labute approximate surface area is 166 Å². The minimum atomic E-state index is -1.05. The van der Waals surface area contributed by atoms with Gasteiger partial charge in [0.1, 0.15) is 5.75 Å². The number of hydrogen-bond acceptors (Lipinski definition) is 6. The Morgan fingerprint density at radius 1 is 1.44 bits per heavy atom. The van der Waals surface area contributed by atoms with Gasteiger partial charge in [-0.15, -0.1) is 0 Å². The van der Waals surface area contributed by atoms with Crippen molar-refractivity contribution in [1.82, 2.24) is 10.3 Å². The molecule has 136 valence electrons. The Kier molecular flexibility index (Phi) is 8.06. The number of hydrogen-bond donors (Lipinski definition) is 2. The molecule has 0 saturated carbocycles. The van der Waals surface area contributed by atoms with E-state index < -0.39 is 12.6 Å². The highest BCUT2D eigenvalue weighted by atomic mass is 127. The van der Waals surface area contributed by atoms with Gasteiger partial charge in [0, 0.05) is 13.1 Å². The van der Waals surface area contributed by atoms with Crippen LogP contribution in [0.25, 0.3) is 0 Å². The van der Waals surface area contributed by atoms with Crippen LogP contribution in [0.5, 0.6) is 5.75 Å². The third-order valence-corrected chi connectivity index (χ3v) is 4.62. The molecule has 8 nitrogen and oxygen atoms in total. The standard InChI is InChI=1S/C15H17BrIN3O5/c16-11-5-10(6-12(17)15(11)25-9-14(22)23)7-18-19-13(21)8-20-1-3-24-4-2-20/h5-7H,1-4,8-9H2,(H,19,21)(H,22,23)/b18-7+. The maximum absolute atomic E-state index is 11.8. The van der Waals surface area contributed by atoms with Crippen LogP contribution in [-0.4, -0.2) is 67.6 Å². The lowest BCUT2D eigenvalue weighted by Crippen LogP contribution is -2.42. The fraction of sp³-hybridized carbons (Fsp3) is 0.400. The third-order valence-electron chi connectivity index (χ3n) is 3.23. The van der Waals surface area contributed by atoms with E-state index in [4.69, 9.17) is 14.6 Å². The van der Waals surface area contributed by atoms with Gasteiger partial charge in [-0.3, -0.25) is 9.69 Å². The van der Waals surface area contributed by atoms with Gasteiger partial charge in [-0.1, -0.05) is 0 Å². The Morgan fingerprint density at radius 2 is 2.16 bits per heavy atom. The lowest BCUT2D eigenvalue weighted by molar-refractivity contribution is -0.139.